The highest BCUT2D eigenvalue weighted by Crippen LogP contribution is 2.18. The second-order valence-electron chi connectivity index (χ2n) is 4.95. The number of rotatable bonds is 8. The number of aliphatic hydroxyl groups excluding tert-OH is 1. The summed E-state index contributed by atoms with van der Waals surface area (Å²) in [7, 11) is 0. The van der Waals surface area contributed by atoms with Crippen LogP contribution in [0.4, 0.5) is 0 Å². The van der Waals surface area contributed by atoms with Gasteiger partial charge in [0.25, 0.3) is 0 Å². The maximum absolute atomic E-state index is 11.7. The first-order valence-corrected chi connectivity index (χ1v) is 6.41. The lowest BCUT2D eigenvalue weighted by Gasteiger charge is -2.20. The Kier molecular flexibility index (Phi) is 8.26. The van der Waals surface area contributed by atoms with E-state index in [4.69, 9.17) is 5.11 Å². The third kappa shape index (κ3) is 6.83. The molecule has 0 aliphatic rings. The number of hydrogen-bond donors (Lipinski definition) is 2. The minimum atomic E-state index is 0.144. The molecule has 0 spiro atoms. The Morgan fingerprint density at radius 1 is 1.31 bits per heavy atom. The summed E-state index contributed by atoms with van der Waals surface area (Å²) < 4.78 is 0. The van der Waals surface area contributed by atoms with Crippen LogP contribution in [0.2, 0.25) is 0 Å². The van der Waals surface area contributed by atoms with Crippen LogP contribution in [0.25, 0.3) is 0 Å². The molecule has 3 heteroatoms. The summed E-state index contributed by atoms with van der Waals surface area (Å²) in [5.74, 6) is 1.18. The van der Waals surface area contributed by atoms with Crippen LogP contribution in [-0.2, 0) is 4.79 Å². The van der Waals surface area contributed by atoms with Crippen molar-refractivity contribution in [1.29, 1.82) is 0 Å². The fraction of sp³-hybridized carbons (Fsp3) is 0.923. The monoisotopic (exact) mass is 229 g/mol. The van der Waals surface area contributed by atoms with E-state index in [0.717, 1.165) is 19.3 Å². The van der Waals surface area contributed by atoms with Crippen LogP contribution in [0.15, 0.2) is 0 Å². The summed E-state index contributed by atoms with van der Waals surface area (Å²) >= 11 is 0. The van der Waals surface area contributed by atoms with Crippen molar-refractivity contribution in [3.63, 3.8) is 0 Å². The molecule has 3 nitrogen and oxygen atoms in total. The highest BCUT2D eigenvalue weighted by Gasteiger charge is 2.16. The lowest BCUT2D eigenvalue weighted by Crippen LogP contribution is -2.34. The number of nitrogens with one attached hydrogen (secondary N) is 1. The van der Waals surface area contributed by atoms with Crippen LogP contribution in [0.3, 0.4) is 0 Å². The zero-order valence-electron chi connectivity index (χ0n) is 11.1. The Bertz CT molecular complexity index is 192. The normalized spacial score (nSPS) is 14.9. The fourth-order valence-electron chi connectivity index (χ4n) is 1.89. The van der Waals surface area contributed by atoms with Crippen LogP contribution in [-0.4, -0.2) is 23.7 Å². The predicted octanol–water partition coefficient (Wildman–Crippen LogP) is 2.34. The number of hydrogen-bond acceptors (Lipinski definition) is 2. The summed E-state index contributed by atoms with van der Waals surface area (Å²) in [6.45, 7) is 8.65. The Morgan fingerprint density at radius 2 is 1.94 bits per heavy atom. The van der Waals surface area contributed by atoms with E-state index < -0.39 is 0 Å². The lowest BCUT2D eigenvalue weighted by molar-refractivity contribution is -0.123. The highest BCUT2D eigenvalue weighted by molar-refractivity contribution is 5.76. The average Bonchev–Trinajstić information content (AvgIpc) is 2.22. The van der Waals surface area contributed by atoms with Crippen molar-refractivity contribution in [3.8, 4) is 0 Å². The van der Waals surface area contributed by atoms with Crippen LogP contribution in [0.5, 0.6) is 0 Å². The van der Waals surface area contributed by atoms with Crippen LogP contribution in [0.1, 0.15) is 53.4 Å². The standard InChI is InChI=1S/C13H27NO2/c1-5-12(10(2)3)9-13(16)14-11(4)7-6-8-15/h10-12,15H,5-9H2,1-4H3,(H,14,16). The number of amides is 1. The lowest BCUT2D eigenvalue weighted by atomic mass is 9.90. The third-order valence-corrected chi connectivity index (χ3v) is 3.12. The Labute approximate surface area is 99.6 Å². The number of carbonyl (C=O) groups is 1. The van der Waals surface area contributed by atoms with Crippen molar-refractivity contribution in [2.75, 3.05) is 6.61 Å². The van der Waals surface area contributed by atoms with E-state index >= 15 is 0 Å². The predicted molar refractivity (Wildman–Crippen MR) is 67.2 cm³/mol. The molecule has 1 amide bonds. The zero-order chi connectivity index (χ0) is 12.6. The second-order valence-corrected chi connectivity index (χ2v) is 4.95. The molecule has 0 aromatic heterocycles. The van der Waals surface area contributed by atoms with Crippen LogP contribution in [0, 0.1) is 11.8 Å². The Hall–Kier alpha value is -0.570. The van der Waals surface area contributed by atoms with Crippen molar-refractivity contribution in [1.82, 2.24) is 5.32 Å². The van der Waals surface area contributed by atoms with E-state index in [9.17, 15) is 4.79 Å². The molecule has 96 valence electrons. The summed E-state index contributed by atoms with van der Waals surface area (Å²) in [5.41, 5.74) is 0. The summed E-state index contributed by atoms with van der Waals surface area (Å²) in [4.78, 5) is 11.7. The van der Waals surface area contributed by atoms with Gasteiger partial charge < -0.3 is 10.4 Å². The fourth-order valence-corrected chi connectivity index (χ4v) is 1.89. The molecule has 0 saturated carbocycles. The summed E-state index contributed by atoms with van der Waals surface area (Å²) in [6, 6.07) is 0.171. The topological polar surface area (TPSA) is 49.3 Å². The molecule has 0 bridgehead atoms. The molecule has 0 aromatic rings. The quantitative estimate of drug-likeness (QED) is 0.671. The van der Waals surface area contributed by atoms with E-state index in [1.807, 2.05) is 6.92 Å². The maximum atomic E-state index is 11.7. The first-order valence-electron chi connectivity index (χ1n) is 6.41. The van der Waals surface area contributed by atoms with Crippen LogP contribution < -0.4 is 5.32 Å². The molecule has 0 aromatic carbocycles. The van der Waals surface area contributed by atoms with Gasteiger partial charge in [-0.15, -0.1) is 0 Å². The molecule has 0 aliphatic heterocycles. The molecule has 2 N–H and O–H groups in total. The second kappa shape index (κ2) is 8.57. The summed E-state index contributed by atoms with van der Waals surface area (Å²) in [6.07, 6.45) is 3.28. The Balaban J connectivity index is 3.87. The van der Waals surface area contributed by atoms with Crippen molar-refractivity contribution in [2.24, 2.45) is 11.8 Å². The van der Waals surface area contributed by atoms with E-state index in [1.165, 1.54) is 0 Å². The van der Waals surface area contributed by atoms with Gasteiger partial charge in [0, 0.05) is 19.1 Å². The van der Waals surface area contributed by atoms with Gasteiger partial charge in [-0.25, -0.2) is 0 Å². The maximum Gasteiger partial charge on any atom is 0.220 e. The molecule has 16 heavy (non-hydrogen) atoms. The molecule has 0 saturated heterocycles. The van der Waals surface area contributed by atoms with Gasteiger partial charge in [0.1, 0.15) is 0 Å². The smallest absolute Gasteiger partial charge is 0.220 e. The van der Waals surface area contributed by atoms with Gasteiger partial charge in [0.05, 0.1) is 0 Å². The van der Waals surface area contributed by atoms with Crippen molar-refractivity contribution >= 4 is 5.91 Å². The molecule has 2 unspecified atom stereocenters. The molecule has 0 rings (SSSR count). The molecular weight excluding hydrogens is 202 g/mol. The van der Waals surface area contributed by atoms with Crippen LogP contribution >= 0.6 is 0 Å². The number of aliphatic hydroxyl groups is 1. The SMILES string of the molecule is CCC(CC(=O)NC(C)CCCO)C(C)C. The number of carbonyl (C=O) groups excluding carboxylic acids is 1. The van der Waals surface area contributed by atoms with Gasteiger partial charge in [0.15, 0.2) is 0 Å². The molecular formula is C13H27NO2. The average molecular weight is 229 g/mol. The van der Waals surface area contributed by atoms with E-state index in [1.54, 1.807) is 0 Å². The van der Waals surface area contributed by atoms with Gasteiger partial charge in [-0.1, -0.05) is 27.2 Å². The molecule has 0 heterocycles. The van der Waals surface area contributed by atoms with Gasteiger partial charge in [-0.2, -0.15) is 0 Å². The summed E-state index contributed by atoms with van der Waals surface area (Å²) in [5, 5.41) is 11.7. The molecule has 0 aliphatic carbocycles. The first kappa shape index (κ1) is 15.4. The van der Waals surface area contributed by atoms with E-state index in [0.29, 0.717) is 18.3 Å². The molecule has 2 atom stereocenters. The minimum absolute atomic E-state index is 0.144. The van der Waals surface area contributed by atoms with E-state index in [2.05, 4.69) is 26.1 Å². The van der Waals surface area contributed by atoms with E-state index in [-0.39, 0.29) is 18.6 Å². The zero-order valence-corrected chi connectivity index (χ0v) is 11.1. The van der Waals surface area contributed by atoms with Gasteiger partial charge in [-0.05, 0) is 31.6 Å². The van der Waals surface area contributed by atoms with Crippen molar-refractivity contribution in [3.05, 3.63) is 0 Å². The minimum Gasteiger partial charge on any atom is -0.396 e. The largest absolute Gasteiger partial charge is 0.396 e. The molecule has 0 fully saturated rings. The third-order valence-electron chi connectivity index (χ3n) is 3.12. The van der Waals surface area contributed by atoms with Crippen molar-refractivity contribution in [2.45, 2.75) is 59.4 Å². The van der Waals surface area contributed by atoms with Gasteiger partial charge in [0.2, 0.25) is 5.91 Å². The van der Waals surface area contributed by atoms with Crippen molar-refractivity contribution < 1.29 is 9.90 Å². The highest BCUT2D eigenvalue weighted by atomic mass is 16.2. The van der Waals surface area contributed by atoms with Gasteiger partial charge in [-0.3, -0.25) is 4.79 Å². The van der Waals surface area contributed by atoms with Gasteiger partial charge >= 0.3 is 0 Å². The first-order chi connectivity index (χ1) is 7.51. The molecule has 0 radical (unpaired) electrons. The Morgan fingerprint density at radius 3 is 2.38 bits per heavy atom.